The molecule has 1 aliphatic heterocycles. The van der Waals surface area contributed by atoms with Crippen LogP contribution in [0.1, 0.15) is 34.5 Å². The minimum atomic E-state index is 0.151. The second-order valence-corrected chi connectivity index (χ2v) is 6.71. The lowest BCUT2D eigenvalue weighted by Crippen LogP contribution is -2.42. The highest BCUT2D eigenvalue weighted by atomic mass is 32.1. The normalized spacial score (nSPS) is 18.6. The number of nitrogens with zero attached hydrogens (tertiary/aromatic N) is 1. The maximum atomic E-state index is 6.31. The predicted octanol–water partition coefficient (Wildman–Crippen LogP) is 3.50. The summed E-state index contributed by atoms with van der Waals surface area (Å²) in [6, 6.07) is 11.5. The van der Waals surface area contributed by atoms with E-state index in [1.54, 1.807) is 0 Å². The van der Waals surface area contributed by atoms with Gasteiger partial charge in [-0.25, -0.2) is 0 Å². The van der Waals surface area contributed by atoms with Gasteiger partial charge in [0.2, 0.25) is 0 Å². The first kappa shape index (κ1) is 13.8. The Kier molecular flexibility index (Phi) is 3.92. The number of hydrogen-bond donors (Lipinski definition) is 1. The Hall–Kier alpha value is -1.16. The smallest absolute Gasteiger partial charge is 0.0596 e. The van der Waals surface area contributed by atoms with Crippen molar-refractivity contribution >= 4 is 11.3 Å². The minimum absolute atomic E-state index is 0.151. The third-order valence-corrected chi connectivity index (χ3v) is 5.31. The van der Waals surface area contributed by atoms with Gasteiger partial charge in [0.25, 0.3) is 0 Å². The highest BCUT2D eigenvalue weighted by molar-refractivity contribution is 7.10. The van der Waals surface area contributed by atoms with Crippen LogP contribution in [0.3, 0.4) is 0 Å². The molecule has 0 amide bonds. The van der Waals surface area contributed by atoms with Gasteiger partial charge in [0.05, 0.1) is 6.04 Å². The Labute approximate surface area is 125 Å². The van der Waals surface area contributed by atoms with Crippen LogP contribution in [0.2, 0.25) is 0 Å². The third-order valence-electron chi connectivity index (χ3n) is 4.22. The third kappa shape index (κ3) is 2.53. The topological polar surface area (TPSA) is 29.3 Å². The average molecular weight is 286 g/mol. The summed E-state index contributed by atoms with van der Waals surface area (Å²) >= 11 is 1.84. The molecule has 1 aromatic carbocycles. The van der Waals surface area contributed by atoms with Crippen LogP contribution >= 0.6 is 11.3 Å². The molecule has 2 N–H and O–H groups in total. The molecule has 3 heteroatoms. The lowest BCUT2D eigenvalue weighted by molar-refractivity contribution is 0.162. The predicted molar refractivity (Wildman–Crippen MR) is 86.0 cm³/mol. The molecule has 3 rings (SSSR count). The molecule has 2 unspecified atom stereocenters. The van der Waals surface area contributed by atoms with Crippen LogP contribution in [0.5, 0.6) is 0 Å². The molecule has 0 spiro atoms. The molecule has 1 aliphatic rings. The van der Waals surface area contributed by atoms with Crippen LogP contribution in [0.25, 0.3) is 0 Å². The summed E-state index contributed by atoms with van der Waals surface area (Å²) in [6.45, 7) is 6.43. The van der Waals surface area contributed by atoms with Gasteiger partial charge in [-0.15, -0.1) is 11.3 Å². The first-order chi connectivity index (χ1) is 9.66. The Balaban J connectivity index is 1.89. The number of thiophene rings is 1. The van der Waals surface area contributed by atoms with Crippen LogP contribution in [-0.2, 0) is 13.0 Å². The van der Waals surface area contributed by atoms with Crippen molar-refractivity contribution < 1.29 is 0 Å². The second kappa shape index (κ2) is 5.68. The average Bonchev–Trinajstić information content (AvgIpc) is 2.85. The highest BCUT2D eigenvalue weighted by Gasteiger charge is 2.29. The number of aryl methyl sites for hydroxylation is 1. The molecule has 1 aromatic heterocycles. The van der Waals surface area contributed by atoms with Gasteiger partial charge in [-0.05, 0) is 48.4 Å². The molecule has 0 bridgehead atoms. The van der Waals surface area contributed by atoms with E-state index in [0.29, 0.717) is 6.04 Å². The molecule has 0 radical (unpaired) electrons. The van der Waals surface area contributed by atoms with E-state index in [9.17, 15) is 0 Å². The Morgan fingerprint density at radius 1 is 1.20 bits per heavy atom. The van der Waals surface area contributed by atoms with Gasteiger partial charge in [-0.1, -0.05) is 24.3 Å². The molecule has 0 saturated carbocycles. The fraction of sp³-hybridized carbons (Fsp3) is 0.412. The van der Waals surface area contributed by atoms with E-state index in [2.05, 4.69) is 54.5 Å². The van der Waals surface area contributed by atoms with E-state index in [-0.39, 0.29) is 6.04 Å². The lowest BCUT2D eigenvalue weighted by Gasteiger charge is -2.37. The Bertz CT molecular complexity index is 588. The van der Waals surface area contributed by atoms with Crippen LogP contribution in [0.15, 0.2) is 35.7 Å². The number of fused-ring (bicyclic) bond motifs is 1. The maximum absolute atomic E-state index is 6.31. The monoisotopic (exact) mass is 286 g/mol. The molecule has 20 heavy (non-hydrogen) atoms. The molecule has 0 saturated heterocycles. The van der Waals surface area contributed by atoms with Crippen LogP contribution < -0.4 is 5.73 Å². The van der Waals surface area contributed by atoms with Crippen molar-refractivity contribution in [2.24, 2.45) is 5.73 Å². The maximum Gasteiger partial charge on any atom is 0.0596 e. The number of rotatable bonds is 3. The van der Waals surface area contributed by atoms with Crippen molar-refractivity contribution in [2.45, 2.75) is 38.9 Å². The summed E-state index contributed by atoms with van der Waals surface area (Å²) in [5.41, 5.74) is 10.6. The van der Waals surface area contributed by atoms with E-state index in [0.717, 1.165) is 19.5 Å². The van der Waals surface area contributed by atoms with Gasteiger partial charge in [0.15, 0.2) is 0 Å². The molecule has 0 fully saturated rings. The molecule has 0 aliphatic carbocycles. The van der Waals surface area contributed by atoms with Gasteiger partial charge < -0.3 is 5.73 Å². The minimum Gasteiger partial charge on any atom is -0.326 e. The Morgan fingerprint density at radius 2 is 1.95 bits per heavy atom. The first-order valence-electron chi connectivity index (χ1n) is 7.27. The molecular weight excluding hydrogens is 264 g/mol. The molecule has 2 heterocycles. The van der Waals surface area contributed by atoms with E-state index < -0.39 is 0 Å². The summed E-state index contributed by atoms with van der Waals surface area (Å²) in [6.07, 6.45) is 1.13. The number of hydrogen-bond acceptors (Lipinski definition) is 3. The molecule has 106 valence electrons. The zero-order valence-corrected chi connectivity index (χ0v) is 13.0. The fourth-order valence-corrected chi connectivity index (χ4v) is 4.36. The van der Waals surface area contributed by atoms with Gasteiger partial charge in [0, 0.05) is 24.0 Å². The van der Waals surface area contributed by atoms with E-state index in [1.165, 1.54) is 21.6 Å². The van der Waals surface area contributed by atoms with Crippen molar-refractivity contribution in [1.82, 2.24) is 4.90 Å². The molecule has 2 atom stereocenters. The van der Waals surface area contributed by atoms with Crippen LogP contribution in [-0.4, -0.2) is 17.5 Å². The van der Waals surface area contributed by atoms with Crippen LogP contribution in [0.4, 0.5) is 0 Å². The van der Waals surface area contributed by atoms with Gasteiger partial charge in [0.1, 0.15) is 0 Å². The van der Waals surface area contributed by atoms with E-state index in [1.807, 2.05) is 11.3 Å². The van der Waals surface area contributed by atoms with Crippen molar-refractivity contribution in [3.05, 3.63) is 57.3 Å². The SMILES string of the molecule is Cc1ccsc1C(C(C)N)N1CCc2ccccc2C1. The van der Waals surface area contributed by atoms with Gasteiger partial charge >= 0.3 is 0 Å². The second-order valence-electron chi connectivity index (χ2n) is 5.76. The number of nitrogens with two attached hydrogens (primary N) is 1. The van der Waals surface area contributed by atoms with Crippen molar-refractivity contribution in [3.8, 4) is 0 Å². The van der Waals surface area contributed by atoms with E-state index in [4.69, 9.17) is 5.73 Å². The van der Waals surface area contributed by atoms with Crippen molar-refractivity contribution in [1.29, 1.82) is 0 Å². The summed E-state index contributed by atoms with van der Waals surface area (Å²) in [5, 5.41) is 2.18. The van der Waals surface area contributed by atoms with Crippen molar-refractivity contribution in [2.75, 3.05) is 6.54 Å². The van der Waals surface area contributed by atoms with E-state index >= 15 is 0 Å². The quantitative estimate of drug-likeness (QED) is 0.935. The summed E-state index contributed by atoms with van der Waals surface area (Å²) < 4.78 is 0. The summed E-state index contributed by atoms with van der Waals surface area (Å²) in [7, 11) is 0. The molecule has 2 aromatic rings. The molecule has 2 nitrogen and oxygen atoms in total. The highest BCUT2D eigenvalue weighted by Crippen LogP contribution is 2.34. The first-order valence-corrected chi connectivity index (χ1v) is 8.15. The zero-order valence-electron chi connectivity index (χ0n) is 12.2. The lowest BCUT2D eigenvalue weighted by atomic mass is 9.96. The fourth-order valence-electron chi connectivity index (χ4n) is 3.18. The summed E-state index contributed by atoms with van der Waals surface area (Å²) in [5.74, 6) is 0. The van der Waals surface area contributed by atoms with Crippen LogP contribution in [0, 0.1) is 6.92 Å². The van der Waals surface area contributed by atoms with Crippen molar-refractivity contribution in [3.63, 3.8) is 0 Å². The number of benzene rings is 1. The summed E-state index contributed by atoms with van der Waals surface area (Å²) in [4.78, 5) is 3.98. The Morgan fingerprint density at radius 3 is 2.60 bits per heavy atom. The van der Waals surface area contributed by atoms with Gasteiger partial charge in [-0.2, -0.15) is 0 Å². The van der Waals surface area contributed by atoms with Gasteiger partial charge in [-0.3, -0.25) is 4.90 Å². The zero-order chi connectivity index (χ0) is 14.1. The standard InChI is InChI=1S/C17H22N2S/c1-12-8-10-20-17(12)16(13(2)18)19-9-7-14-5-3-4-6-15(14)11-19/h3-6,8,10,13,16H,7,9,11,18H2,1-2H3. The largest absolute Gasteiger partial charge is 0.326 e. The molecular formula is C17H22N2S.